The highest BCUT2D eigenvalue weighted by Crippen LogP contribution is 2.38. The maximum Gasteiger partial charge on any atom is 0.353 e. The summed E-state index contributed by atoms with van der Waals surface area (Å²) in [7, 11) is 0. The number of hydrogen-bond acceptors (Lipinski definition) is 7. The molecular formula is C22H13BrO6S. The Morgan fingerprint density at radius 2 is 2.10 bits per heavy atom. The summed E-state index contributed by atoms with van der Waals surface area (Å²) in [6.07, 6.45) is 1.65. The topological polar surface area (TPSA) is 71.1 Å². The van der Waals surface area contributed by atoms with Crippen LogP contribution in [0.3, 0.4) is 0 Å². The van der Waals surface area contributed by atoms with E-state index < -0.39 is 5.97 Å². The molecule has 0 saturated heterocycles. The van der Waals surface area contributed by atoms with Crippen molar-refractivity contribution in [1.29, 1.82) is 0 Å². The van der Waals surface area contributed by atoms with Crippen LogP contribution in [0.4, 0.5) is 0 Å². The fourth-order valence-corrected chi connectivity index (χ4v) is 4.36. The third-order valence-corrected chi connectivity index (χ3v) is 5.87. The number of benzene rings is 2. The highest BCUT2D eigenvalue weighted by Gasteiger charge is 2.29. The number of hydrogen-bond donors (Lipinski definition) is 0. The van der Waals surface area contributed by atoms with Gasteiger partial charge in [-0.15, -0.1) is 11.3 Å². The van der Waals surface area contributed by atoms with Gasteiger partial charge >= 0.3 is 5.97 Å². The third kappa shape index (κ3) is 3.54. The molecule has 1 aromatic heterocycles. The molecule has 0 unspecified atom stereocenters. The Morgan fingerprint density at radius 1 is 1.20 bits per heavy atom. The number of ether oxygens (including phenoxy) is 4. The maximum absolute atomic E-state index is 12.8. The minimum absolute atomic E-state index is 0.152. The van der Waals surface area contributed by atoms with E-state index >= 15 is 0 Å². The molecule has 6 nitrogen and oxygen atoms in total. The smallest absolute Gasteiger partial charge is 0.353 e. The van der Waals surface area contributed by atoms with Crippen molar-refractivity contribution in [2.75, 3.05) is 6.79 Å². The van der Waals surface area contributed by atoms with Crippen molar-refractivity contribution in [3.63, 3.8) is 0 Å². The van der Waals surface area contributed by atoms with E-state index in [-0.39, 0.29) is 18.3 Å². The Labute approximate surface area is 183 Å². The summed E-state index contributed by atoms with van der Waals surface area (Å²) in [4.78, 5) is 25.4. The first-order valence-electron chi connectivity index (χ1n) is 8.95. The predicted molar refractivity (Wildman–Crippen MR) is 113 cm³/mol. The number of esters is 1. The highest BCUT2D eigenvalue weighted by molar-refractivity contribution is 9.10. The number of carbonyl (C=O) groups excluding carboxylic acids is 2. The van der Waals surface area contributed by atoms with Crippen molar-refractivity contribution < 1.29 is 28.5 Å². The van der Waals surface area contributed by atoms with E-state index in [1.54, 1.807) is 41.8 Å². The van der Waals surface area contributed by atoms with Gasteiger partial charge < -0.3 is 18.9 Å². The van der Waals surface area contributed by atoms with Crippen molar-refractivity contribution in [2.45, 2.75) is 6.61 Å². The summed E-state index contributed by atoms with van der Waals surface area (Å²) < 4.78 is 22.9. The second-order valence-corrected chi connectivity index (χ2v) is 8.42. The van der Waals surface area contributed by atoms with E-state index in [4.69, 9.17) is 18.9 Å². The van der Waals surface area contributed by atoms with Gasteiger partial charge in [-0.25, -0.2) is 4.79 Å². The molecular weight excluding hydrogens is 472 g/mol. The Morgan fingerprint density at radius 3 is 2.93 bits per heavy atom. The fourth-order valence-electron chi connectivity index (χ4n) is 3.24. The fraction of sp³-hybridized carbons (Fsp3) is 0.0909. The van der Waals surface area contributed by atoms with Crippen LogP contribution >= 0.6 is 27.3 Å². The lowest BCUT2D eigenvalue weighted by molar-refractivity contribution is -0.0165. The summed E-state index contributed by atoms with van der Waals surface area (Å²) in [5, 5.41) is 1.80. The number of carbonyl (C=O) groups is 2. The summed E-state index contributed by atoms with van der Waals surface area (Å²) in [5.41, 5.74) is 2.00. The SMILES string of the molecule is O=C(Oc1ccc2c(c1)OC(=Cc1cc(Br)cc3c1OCOC3)C2=O)c1cccs1. The molecule has 0 spiro atoms. The van der Waals surface area contributed by atoms with Gasteiger partial charge in [0.1, 0.15) is 22.1 Å². The van der Waals surface area contributed by atoms with Crippen LogP contribution in [0.1, 0.15) is 31.2 Å². The van der Waals surface area contributed by atoms with Gasteiger partial charge in [0.25, 0.3) is 0 Å². The first kappa shape index (κ1) is 19.0. The van der Waals surface area contributed by atoms with Crippen molar-refractivity contribution >= 4 is 45.1 Å². The predicted octanol–water partition coefficient (Wildman–Crippen LogP) is 5.21. The quantitative estimate of drug-likeness (QED) is 0.288. The second kappa shape index (κ2) is 7.71. The zero-order valence-electron chi connectivity index (χ0n) is 15.3. The van der Waals surface area contributed by atoms with E-state index in [0.717, 1.165) is 10.0 Å². The molecule has 0 saturated carbocycles. The van der Waals surface area contributed by atoms with E-state index in [1.165, 1.54) is 11.3 Å². The number of Topliss-reactive ketones (excluding diaryl/α,β-unsaturated/α-hetero) is 1. The lowest BCUT2D eigenvalue weighted by Crippen LogP contribution is -2.12. The molecule has 5 rings (SSSR count). The molecule has 0 amide bonds. The average Bonchev–Trinajstić information content (AvgIpc) is 3.37. The standard InChI is InChI=1S/C22H13BrO6S/c23-14-6-12(21-13(7-14)10-26-11-27-21)8-18-20(24)16-4-3-15(9-17(16)29-18)28-22(25)19-2-1-5-30-19/h1-9H,10-11H2. The van der Waals surface area contributed by atoms with Gasteiger partial charge in [-0.2, -0.15) is 0 Å². The van der Waals surface area contributed by atoms with E-state index in [9.17, 15) is 9.59 Å². The van der Waals surface area contributed by atoms with Crippen LogP contribution in [-0.4, -0.2) is 18.5 Å². The van der Waals surface area contributed by atoms with Crippen molar-refractivity contribution in [1.82, 2.24) is 0 Å². The molecule has 3 heterocycles. The average molecular weight is 485 g/mol. The summed E-state index contributed by atoms with van der Waals surface area (Å²) in [6.45, 7) is 0.581. The normalized spacial score (nSPS) is 15.9. The van der Waals surface area contributed by atoms with Gasteiger partial charge in [-0.3, -0.25) is 4.79 Å². The largest absolute Gasteiger partial charge is 0.467 e. The summed E-state index contributed by atoms with van der Waals surface area (Å²) in [6, 6.07) is 11.9. The molecule has 0 fully saturated rings. The minimum atomic E-state index is -0.454. The Bertz CT molecular complexity index is 1200. The number of fused-ring (bicyclic) bond motifs is 2. The number of thiophene rings is 1. The third-order valence-electron chi connectivity index (χ3n) is 4.56. The van der Waals surface area contributed by atoms with Gasteiger partial charge in [0.15, 0.2) is 12.6 Å². The maximum atomic E-state index is 12.8. The molecule has 0 bridgehead atoms. The lowest BCUT2D eigenvalue weighted by Gasteiger charge is -2.20. The second-order valence-electron chi connectivity index (χ2n) is 6.56. The van der Waals surface area contributed by atoms with Gasteiger partial charge in [-0.05, 0) is 41.8 Å². The molecule has 0 atom stereocenters. The van der Waals surface area contributed by atoms with E-state index in [0.29, 0.717) is 39.9 Å². The zero-order chi connectivity index (χ0) is 20.7. The number of allylic oxidation sites excluding steroid dienone is 1. The Hall–Kier alpha value is -2.94. The molecule has 0 aliphatic carbocycles. The molecule has 2 aliphatic rings. The molecule has 0 N–H and O–H groups in total. The van der Waals surface area contributed by atoms with E-state index in [1.807, 2.05) is 12.1 Å². The Kier molecular flexibility index (Phi) is 4.90. The van der Waals surface area contributed by atoms with Crippen molar-refractivity contribution in [3.05, 3.63) is 79.6 Å². The van der Waals surface area contributed by atoms with Gasteiger partial charge in [0.2, 0.25) is 5.78 Å². The first-order valence-corrected chi connectivity index (χ1v) is 10.6. The van der Waals surface area contributed by atoms with Crippen LogP contribution in [-0.2, 0) is 11.3 Å². The van der Waals surface area contributed by atoms with Crippen LogP contribution in [0.5, 0.6) is 17.2 Å². The van der Waals surface area contributed by atoms with Crippen LogP contribution in [0.2, 0.25) is 0 Å². The molecule has 150 valence electrons. The molecule has 0 radical (unpaired) electrons. The first-order chi connectivity index (χ1) is 14.6. The van der Waals surface area contributed by atoms with Crippen LogP contribution in [0.15, 0.2) is 58.1 Å². The van der Waals surface area contributed by atoms with Gasteiger partial charge in [0.05, 0.1) is 12.2 Å². The van der Waals surface area contributed by atoms with Gasteiger partial charge in [-0.1, -0.05) is 22.0 Å². The Balaban J connectivity index is 1.43. The number of ketones is 1. The van der Waals surface area contributed by atoms with Crippen LogP contribution < -0.4 is 14.2 Å². The molecule has 2 aliphatic heterocycles. The highest BCUT2D eigenvalue weighted by atomic mass is 79.9. The zero-order valence-corrected chi connectivity index (χ0v) is 17.7. The van der Waals surface area contributed by atoms with Crippen LogP contribution in [0, 0.1) is 0 Å². The molecule has 3 aromatic rings. The lowest BCUT2D eigenvalue weighted by atomic mass is 10.1. The molecule has 30 heavy (non-hydrogen) atoms. The summed E-state index contributed by atoms with van der Waals surface area (Å²) >= 11 is 4.77. The summed E-state index contributed by atoms with van der Waals surface area (Å²) in [5.74, 6) is 0.779. The van der Waals surface area contributed by atoms with Crippen molar-refractivity contribution in [2.24, 2.45) is 0 Å². The minimum Gasteiger partial charge on any atom is -0.467 e. The number of rotatable bonds is 3. The van der Waals surface area contributed by atoms with Crippen molar-refractivity contribution in [3.8, 4) is 17.2 Å². The monoisotopic (exact) mass is 484 g/mol. The van der Waals surface area contributed by atoms with E-state index in [2.05, 4.69) is 15.9 Å². The van der Waals surface area contributed by atoms with Crippen LogP contribution in [0.25, 0.3) is 6.08 Å². The molecule has 8 heteroatoms. The molecule has 2 aromatic carbocycles. The number of halogens is 1. The van der Waals surface area contributed by atoms with Gasteiger partial charge in [0, 0.05) is 21.7 Å².